The van der Waals surface area contributed by atoms with Gasteiger partial charge >= 0.3 is 5.97 Å². The lowest BCUT2D eigenvalue weighted by Crippen LogP contribution is -2.14. The van der Waals surface area contributed by atoms with E-state index >= 15 is 0 Å². The zero-order valence-corrected chi connectivity index (χ0v) is 14.6. The molecule has 0 saturated heterocycles. The second-order valence-corrected chi connectivity index (χ2v) is 6.29. The summed E-state index contributed by atoms with van der Waals surface area (Å²) in [6, 6.07) is 7.62. The first kappa shape index (κ1) is 17.1. The minimum Gasteiger partial charge on any atom is -0.464 e. The van der Waals surface area contributed by atoms with Crippen molar-refractivity contribution in [3.63, 3.8) is 0 Å². The first-order valence-electron chi connectivity index (χ1n) is 7.82. The minimum atomic E-state index is -0.694. The maximum absolute atomic E-state index is 12.2. The summed E-state index contributed by atoms with van der Waals surface area (Å²) in [6.45, 7) is 0.102. The summed E-state index contributed by atoms with van der Waals surface area (Å²) in [5.41, 5.74) is -0.223. The highest BCUT2D eigenvalue weighted by Crippen LogP contribution is 2.32. The van der Waals surface area contributed by atoms with Gasteiger partial charge in [0, 0.05) is 18.5 Å². The SMILES string of the molecule is O=C(Oc1coc(CSc2ncccn2)cc1=O)c1ccc2c(c1)OCO2. The Morgan fingerprint density at radius 3 is 2.78 bits per heavy atom. The minimum absolute atomic E-state index is 0.102. The van der Waals surface area contributed by atoms with Crippen molar-refractivity contribution in [2.24, 2.45) is 0 Å². The van der Waals surface area contributed by atoms with Gasteiger partial charge in [-0.05, 0) is 24.3 Å². The van der Waals surface area contributed by atoms with Gasteiger partial charge in [0.25, 0.3) is 0 Å². The summed E-state index contributed by atoms with van der Waals surface area (Å²) in [5, 5.41) is 0.568. The number of thioether (sulfide) groups is 1. The van der Waals surface area contributed by atoms with Crippen LogP contribution >= 0.6 is 11.8 Å². The van der Waals surface area contributed by atoms with Gasteiger partial charge in [0.05, 0.1) is 11.3 Å². The van der Waals surface area contributed by atoms with E-state index in [4.69, 9.17) is 18.6 Å². The van der Waals surface area contributed by atoms with Gasteiger partial charge in [-0.2, -0.15) is 0 Å². The number of benzene rings is 1. The predicted octanol–water partition coefficient (Wildman–Crippen LogP) is 2.67. The highest BCUT2D eigenvalue weighted by molar-refractivity contribution is 7.98. The third kappa shape index (κ3) is 3.93. The number of esters is 1. The predicted molar refractivity (Wildman–Crippen MR) is 94.1 cm³/mol. The molecule has 0 radical (unpaired) electrons. The van der Waals surface area contributed by atoms with Crippen molar-refractivity contribution in [3.8, 4) is 17.2 Å². The Kier molecular flexibility index (Phi) is 4.75. The van der Waals surface area contributed by atoms with E-state index in [1.165, 1.54) is 30.0 Å². The number of aromatic nitrogens is 2. The van der Waals surface area contributed by atoms with Gasteiger partial charge < -0.3 is 18.6 Å². The second kappa shape index (κ2) is 7.50. The van der Waals surface area contributed by atoms with Crippen LogP contribution < -0.4 is 19.6 Å². The van der Waals surface area contributed by atoms with E-state index in [9.17, 15) is 9.59 Å². The molecule has 0 atom stereocenters. The number of hydrogen-bond donors (Lipinski definition) is 0. The van der Waals surface area contributed by atoms with Crippen molar-refractivity contribution in [3.05, 3.63) is 70.5 Å². The molecule has 4 rings (SSSR count). The smallest absolute Gasteiger partial charge is 0.343 e. The Bertz CT molecular complexity index is 1040. The van der Waals surface area contributed by atoms with Crippen LogP contribution in [0.1, 0.15) is 16.1 Å². The zero-order valence-electron chi connectivity index (χ0n) is 13.8. The third-order valence-electron chi connectivity index (χ3n) is 3.55. The highest BCUT2D eigenvalue weighted by atomic mass is 32.2. The Morgan fingerprint density at radius 2 is 1.96 bits per heavy atom. The molecule has 2 aromatic heterocycles. The highest BCUT2D eigenvalue weighted by Gasteiger charge is 2.18. The number of nitrogens with zero attached hydrogens (tertiary/aromatic N) is 2. The van der Waals surface area contributed by atoms with Crippen molar-refractivity contribution in [1.29, 1.82) is 0 Å². The molecule has 1 aliphatic rings. The summed E-state index contributed by atoms with van der Waals surface area (Å²) in [6.07, 6.45) is 4.38. The monoisotopic (exact) mass is 384 g/mol. The lowest BCUT2D eigenvalue weighted by molar-refractivity contribution is 0.0728. The fraction of sp³-hybridized carbons (Fsp3) is 0.111. The maximum atomic E-state index is 12.2. The standard InChI is InChI=1S/C18H12N2O6S/c21-13-7-12(9-27-18-19-4-1-5-20-18)23-8-16(13)26-17(22)11-2-3-14-15(6-11)25-10-24-14/h1-8H,9-10H2. The van der Waals surface area contributed by atoms with Crippen LogP contribution in [-0.2, 0) is 5.75 Å². The number of ether oxygens (including phenoxy) is 3. The van der Waals surface area contributed by atoms with Crippen LogP contribution in [0, 0.1) is 0 Å². The van der Waals surface area contributed by atoms with Crippen molar-refractivity contribution >= 4 is 17.7 Å². The van der Waals surface area contributed by atoms with Gasteiger partial charge in [0.15, 0.2) is 16.7 Å². The maximum Gasteiger partial charge on any atom is 0.343 e. The number of hydrogen-bond acceptors (Lipinski definition) is 9. The molecule has 27 heavy (non-hydrogen) atoms. The largest absolute Gasteiger partial charge is 0.464 e. The van der Waals surface area contributed by atoms with E-state index in [0.29, 0.717) is 28.2 Å². The van der Waals surface area contributed by atoms with Crippen molar-refractivity contribution in [2.75, 3.05) is 6.79 Å². The fourth-order valence-electron chi connectivity index (χ4n) is 2.27. The summed E-state index contributed by atoms with van der Waals surface area (Å²) in [5.74, 6) is 0.903. The number of rotatable bonds is 5. The van der Waals surface area contributed by atoms with Crippen LogP contribution in [0.2, 0.25) is 0 Å². The Balaban J connectivity index is 1.43. The van der Waals surface area contributed by atoms with Crippen LogP contribution in [0.15, 0.2) is 63.4 Å². The topological polar surface area (TPSA) is 101 Å². The van der Waals surface area contributed by atoms with Crippen LogP contribution in [-0.4, -0.2) is 22.7 Å². The molecule has 1 aliphatic heterocycles. The molecule has 1 aromatic carbocycles. The van der Waals surface area contributed by atoms with Gasteiger partial charge in [-0.3, -0.25) is 4.79 Å². The molecule has 0 bridgehead atoms. The van der Waals surface area contributed by atoms with Gasteiger partial charge in [-0.15, -0.1) is 0 Å². The van der Waals surface area contributed by atoms with E-state index < -0.39 is 11.4 Å². The molecule has 0 aliphatic carbocycles. The molecule has 0 unspecified atom stereocenters. The molecule has 9 heteroatoms. The van der Waals surface area contributed by atoms with E-state index in [1.807, 2.05) is 0 Å². The molecule has 0 fully saturated rings. The van der Waals surface area contributed by atoms with Crippen molar-refractivity contribution < 1.29 is 23.4 Å². The van der Waals surface area contributed by atoms with E-state index in [0.717, 1.165) is 6.26 Å². The zero-order chi connectivity index (χ0) is 18.6. The van der Waals surface area contributed by atoms with Crippen LogP contribution in [0.5, 0.6) is 17.2 Å². The normalized spacial score (nSPS) is 12.0. The first-order valence-corrected chi connectivity index (χ1v) is 8.81. The molecule has 0 amide bonds. The van der Waals surface area contributed by atoms with Gasteiger partial charge in [-0.25, -0.2) is 14.8 Å². The van der Waals surface area contributed by atoms with Crippen molar-refractivity contribution in [2.45, 2.75) is 10.9 Å². The number of carbonyl (C=O) groups excluding carboxylic acids is 1. The number of carbonyl (C=O) groups is 1. The summed E-state index contributed by atoms with van der Waals surface area (Å²) >= 11 is 1.32. The average molecular weight is 384 g/mol. The first-order chi connectivity index (χ1) is 13.2. The Morgan fingerprint density at radius 1 is 1.15 bits per heavy atom. The van der Waals surface area contributed by atoms with E-state index in [-0.39, 0.29) is 18.1 Å². The molecule has 3 aromatic rings. The molecular formula is C18H12N2O6S. The molecule has 8 nitrogen and oxygen atoms in total. The fourth-order valence-corrected chi connectivity index (χ4v) is 2.96. The second-order valence-electron chi connectivity index (χ2n) is 5.35. The summed E-state index contributed by atoms with van der Waals surface area (Å²) < 4.78 is 20.9. The van der Waals surface area contributed by atoms with Gasteiger partial charge in [-0.1, -0.05) is 11.8 Å². The lowest BCUT2D eigenvalue weighted by Gasteiger charge is -2.05. The third-order valence-corrected chi connectivity index (χ3v) is 4.45. The average Bonchev–Trinajstić information content (AvgIpc) is 3.17. The number of fused-ring (bicyclic) bond motifs is 1. The molecular weight excluding hydrogens is 372 g/mol. The van der Waals surface area contributed by atoms with Crippen LogP contribution in [0.3, 0.4) is 0 Å². The van der Waals surface area contributed by atoms with Gasteiger partial charge in [0.2, 0.25) is 18.0 Å². The van der Waals surface area contributed by atoms with Gasteiger partial charge in [0.1, 0.15) is 12.0 Å². The Hall–Kier alpha value is -3.33. The summed E-state index contributed by atoms with van der Waals surface area (Å²) in [7, 11) is 0. The summed E-state index contributed by atoms with van der Waals surface area (Å²) in [4.78, 5) is 32.6. The van der Waals surface area contributed by atoms with E-state index in [2.05, 4.69) is 9.97 Å². The molecule has 0 N–H and O–H groups in total. The van der Waals surface area contributed by atoms with Crippen LogP contribution in [0.25, 0.3) is 0 Å². The molecule has 136 valence electrons. The van der Waals surface area contributed by atoms with Crippen molar-refractivity contribution in [1.82, 2.24) is 9.97 Å². The molecule has 3 heterocycles. The quantitative estimate of drug-likeness (QED) is 0.373. The molecule has 0 spiro atoms. The Labute approximate surface area is 157 Å². The van der Waals surface area contributed by atoms with E-state index in [1.54, 1.807) is 24.5 Å². The molecule has 0 saturated carbocycles. The van der Waals surface area contributed by atoms with Crippen LogP contribution in [0.4, 0.5) is 0 Å². The lowest BCUT2D eigenvalue weighted by atomic mass is 10.2.